The first-order chi connectivity index (χ1) is 8.66. The Bertz CT molecular complexity index is 548. The van der Waals surface area contributed by atoms with Crippen LogP contribution in [0.25, 0.3) is 0 Å². The molecule has 0 atom stereocenters. The molecule has 1 amide bonds. The van der Waals surface area contributed by atoms with Crippen molar-refractivity contribution in [2.45, 2.75) is 6.54 Å². The van der Waals surface area contributed by atoms with E-state index < -0.39 is 5.97 Å². The summed E-state index contributed by atoms with van der Waals surface area (Å²) in [6.07, 6.45) is 4.26. The molecular formula is C11H10N4O3. The van der Waals surface area contributed by atoms with Gasteiger partial charge < -0.3 is 15.4 Å². The number of carbonyl (C=O) groups is 2. The zero-order valence-electron chi connectivity index (χ0n) is 9.25. The molecule has 2 aromatic rings. The number of carboxylic acid groups (broad SMARTS) is 1. The monoisotopic (exact) mass is 246 g/mol. The second-order valence-electron chi connectivity index (χ2n) is 3.50. The minimum absolute atomic E-state index is 0.0418. The van der Waals surface area contributed by atoms with Gasteiger partial charge in [0.1, 0.15) is 5.69 Å². The summed E-state index contributed by atoms with van der Waals surface area (Å²) in [7, 11) is 0. The van der Waals surface area contributed by atoms with Crippen molar-refractivity contribution in [3.8, 4) is 0 Å². The standard InChI is InChI=1S/C11H10N4O3/c16-10(14-5-8-4-12-6-15-8)9-2-1-7(3-13-9)11(17)18/h1-4,6H,5H2,(H,12,15)(H,14,16)(H,17,18). The molecule has 2 rings (SSSR count). The van der Waals surface area contributed by atoms with Crippen LogP contribution in [-0.2, 0) is 6.54 Å². The maximum absolute atomic E-state index is 11.7. The summed E-state index contributed by atoms with van der Waals surface area (Å²) >= 11 is 0. The van der Waals surface area contributed by atoms with E-state index in [0.717, 1.165) is 11.9 Å². The predicted molar refractivity (Wildman–Crippen MR) is 61.0 cm³/mol. The van der Waals surface area contributed by atoms with Crippen molar-refractivity contribution >= 4 is 11.9 Å². The number of pyridine rings is 1. The molecule has 3 N–H and O–H groups in total. The lowest BCUT2D eigenvalue weighted by Gasteiger charge is -2.03. The van der Waals surface area contributed by atoms with Gasteiger partial charge in [-0.1, -0.05) is 0 Å². The Kier molecular flexibility index (Phi) is 3.33. The highest BCUT2D eigenvalue weighted by molar-refractivity contribution is 5.93. The number of aromatic amines is 1. The molecule has 7 heteroatoms. The highest BCUT2D eigenvalue weighted by Crippen LogP contribution is 2.01. The smallest absolute Gasteiger partial charge is 0.337 e. The summed E-state index contributed by atoms with van der Waals surface area (Å²) in [4.78, 5) is 32.7. The van der Waals surface area contributed by atoms with E-state index in [1.807, 2.05) is 0 Å². The van der Waals surface area contributed by atoms with E-state index in [9.17, 15) is 9.59 Å². The number of aromatic carboxylic acids is 1. The van der Waals surface area contributed by atoms with Crippen LogP contribution in [0.5, 0.6) is 0 Å². The normalized spacial score (nSPS) is 10.0. The second kappa shape index (κ2) is 5.09. The first-order valence-corrected chi connectivity index (χ1v) is 5.11. The molecule has 92 valence electrons. The Labute approximate surface area is 102 Å². The molecule has 0 aliphatic carbocycles. The van der Waals surface area contributed by atoms with Gasteiger partial charge in [-0.05, 0) is 12.1 Å². The van der Waals surface area contributed by atoms with Crippen LogP contribution in [0.3, 0.4) is 0 Å². The third-order valence-corrected chi connectivity index (χ3v) is 2.24. The quantitative estimate of drug-likeness (QED) is 0.725. The third kappa shape index (κ3) is 2.70. The summed E-state index contributed by atoms with van der Waals surface area (Å²) < 4.78 is 0. The lowest BCUT2D eigenvalue weighted by Crippen LogP contribution is -2.24. The summed E-state index contributed by atoms with van der Waals surface area (Å²) in [5.41, 5.74) is 0.977. The van der Waals surface area contributed by atoms with Crippen LogP contribution in [-0.4, -0.2) is 31.9 Å². The lowest BCUT2D eigenvalue weighted by atomic mass is 10.2. The molecule has 0 aliphatic rings. The van der Waals surface area contributed by atoms with Gasteiger partial charge in [0.05, 0.1) is 24.1 Å². The van der Waals surface area contributed by atoms with Crippen molar-refractivity contribution in [3.63, 3.8) is 0 Å². The molecule has 0 unspecified atom stereocenters. The Morgan fingerprint density at radius 1 is 1.33 bits per heavy atom. The van der Waals surface area contributed by atoms with Crippen LogP contribution < -0.4 is 5.32 Å². The van der Waals surface area contributed by atoms with Crippen molar-refractivity contribution in [1.29, 1.82) is 0 Å². The molecule has 0 fully saturated rings. The lowest BCUT2D eigenvalue weighted by molar-refractivity contribution is 0.0695. The molecule has 0 radical (unpaired) electrons. The number of nitrogens with one attached hydrogen (secondary N) is 2. The number of nitrogens with zero attached hydrogens (tertiary/aromatic N) is 2. The van der Waals surface area contributed by atoms with Crippen LogP contribution in [0.1, 0.15) is 26.5 Å². The van der Waals surface area contributed by atoms with Gasteiger partial charge >= 0.3 is 5.97 Å². The first kappa shape index (κ1) is 11.8. The van der Waals surface area contributed by atoms with E-state index in [0.29, 0.717) is 6.54 Å². The van der Waals surface area contributed by atoms with Gasteiger partial charge in [0.2, 0.25) is 0 Å². The number of amides is 1. The topological polar surface area (TPSA) is 108 Å². The molecule has 0 saturated heterocycles. The van der Waals surface area contributed by atoms with Gasteiger partial charge in [0.25, 0.3) is 5.91 Å². The van der Waals surface area contributed by atoms with E-state index in [2.05, 4.69) is 20.3 Å². The fraction of sp³-hybridized carbons (Fsp3) is 0.0909. The number of aromatic nitrogens is 3. The van der Waals surface area contributed by atoms with Crippen molar-refractivity contribution in [2.75, 3.05) is 0 Å². The van der Waals surface area contributed by atoms with Crippen LogP contribution in [0.2, 0.25) is 0 Å². The number of carbonyl (C=O) groups excluding carboxylic acids is 1. The Balaban J connectivity index is 1.98. The molecule has 0 spiro atoms. The average Bonchev–Trinajstić information content (AvgIpc) is 2.89. The van der Waals surface area contributed by atoms with Crippen LogP contribution >= 0.6 is 0 Å². The number of hydrogen-bond donors (Lipinski definition) is 3. The van der Waals surface area contributed by atoms with Crippen molar-refractivity contribution in [1.82, 2.24) is 20.3 Å². The van der Waals surface area contributed by atoms with Crippen LogP contribution in [0.15, 0.2) is 30.9 Å². The van der Waals surface area contributed by atoms with Crippen molar-refractivity contribution in [2.24, 2.45) is 0 Å². The maximum Gasteiger partial charge on any atom is 0.337 e. The minimum Gasteiger partial charge on any atom is -0.478 e. The molecule has 2 heterocycles. The predicted octanol–water partition coefficient (Wildman–Crippen LogP) is 0.433. The highest BCUT2D eigenvalue weighted by Gasteiger charge is 2.09. The molecule has 0 aliphatic heterocycles. The molecule has 0 saturated carbocycles. The largest absolute Gasteiger partial charge is 0.478 e. The van der Waals surface area contributed by atoms with E-state index in [1.54, 1.807) is 6.20 Å². The van der Waals surface area contributed by atoms with E-state index >= 15 is 0 Å². The zero-order chi connectivity index (χ0) is 13.0. The van der Waals surface area contributed by atoms with E-state index in [-0.39, 0.29) is 17.2 Å². The number of H-pyrrole nitrogens is 1. The number of carboxylic acids is 1. The Morgan fingerprint density at radius 2 is 2.17 bits per heavy atom. The average molecular weight is 246 g/mol. The van der Waals surface area contributed by atoms with Gasteiger partial charge in [-0.2, -0.15) is 0 Å². The Morgan fingerprint density at radius 3 is 2.72 bits per heavy atom. The van der Waals surface area contributed by atoms with Crippen molar-refractivity contribution in [3.05, 3.63) is 47.8 Å². The van der Waals surface area contributed by atoms with Crippen LogP contribution in [0.4, 0.5) is 0 Å². The summed E-state index contributed by atoms with van der Waals surface area (Å²) in [5, 5.41) is 11.3. The van der Waals surface area contributed by atoms with Gasteiger partial charge in [-0.25, -0.2) is 9.78 Å². The molecular weight excluding hydrogens is 236 g/mol. The molecule has 0 aromatic carbocycles. The molecule has 7 nitrogen and oxygen atoms in total. The third-order valence-electron chi connectivity index (χ3n) is 2.24. The molecule has 2 aromatic heterocycles. The van der Waals surface area contributed by atoms with E-state index in [1.165, 1.54) is 18.5 Å². The van der Waals surface area contributed by atoms with Gasteiger partial charge in [0, 0.05) is 12.4 Å². The zero-order valence-corrected chi connectivity index (χ0v) is 9.25. The van der Waals surface area contributed by atoms with Crippen LogP contribution in [0, 0.1) is 0 Å². The highest BCUT2D eigenvalue weighted by atomic mass is 16.4. The van der Waals surface area contributed by atoms with E-state index in [4.69, 9.17) is 5.11 Å². The van der Waals surface area contributed by atoms with Crippen molar-refractivity contribution < 1.29 is 14.7 Å². The summed E-state index contributed by atoms with van der Waals surface area (Å²) in [5.74, 6) is -1.45. The number of imidazole rings is 1. The second-order valence-corrected chi connectivity index (χ2v) is 3.50. The maximum atomic E-state index is 11.7. The first-order valence-electron chi connectivity index (χ1n) is 5.11. The number of hydrogen-bond acceptors (Lipinski definition) is 4. The summed E-state index contributed by atoms with van der Waals surface area (Å²) in [6, 6.07) is 2.70. The minimum atomic E-state index is -1.08. The van der Waals surface area contributed by atoms with Gasteiger partial charge in [-0.15, -0.1) is 0 Å². The number of rotatable bonds is 4. The fourth-order valence-electron chi connectivity index (χ4n) is 1.30. The Hall–Kier alpha value is -2.70. The SMILES string of the molecule is O=C(O)c1ccc(C(=O)NCc2cnc[nH]2)nc1. The molecule has 0 bridgehead atoms. The molecule has 18 heavy (non-hydrogen) atoms. The van der Waals surface area contributed by atoms with Gasteiger partial charge in [-0.3, -0.25) is 9.78 Å². The summed E-state index contributed by atoms with van der Waals surface area (Å²) in [6.45, 7) is 0.307. The fourth-order valence-corrected chi connectivity index (χ4v) is 1.30. The van der Waals surface area contributed by atoms with Gasteiger partial charge in [0.15, 0.2) is 0 Å².